The van der Waals surface area contributed by atoms with Crippen LogP contribution in [-0.4, -0.2) is 4.98 Å². The molecule has 0 saturated carbocycles. The highest BCUT2D eigenvalue weighted by molar-refractivity contribution is 6.30. The van der Waals surface area contributed by atoms with Crippen molar-refractivity contribution < 1.29 is 9.15 Å². The number of hydrogen-bond donors (Lipinski definition) is 1. The van der Waals surface area contributed by atoms with E-state index in [1.165, 1.54) is 0 Å². The Bertz CT molecular complexity index is 707. The van der Waals surface area contributed by atoms with E-state index in [1.807, 2.05) is 12.1 Å². The Kier molecular flexibility index (Phi) is 3.01. The molecule has 0 saturated heterocycles. The summed E-state index contributed by atoms with van der Waals surface area (Å²) in [5.74, 6) is 1.20. The van der Waals surface area contributed by atoms with Crippen LogP contribution >= 0.6 is 11.6 Å². The molecule has 2 aromatic carbocycles. The standard InChI is InChI=1S/C14H11ClN2O2/c15-9-4-6-10(7-5-9)18-8-13-17-12-3-1-2-11(16)14(12)19-13/h1-7H,8,16H2. The molecule has 0 bridgehead atoms. The molecule has 0 radical (unpaired) electrons. The first-order valence-electron chi connectivity index (χ1n) is 5.74. The molecule has 4 nitrogen and oxygen atoms in total. The lowest BCUT2D eigenvalue weighted by Crippen LogP contribution is -1.94. The Morgan fingerprint density at radius 3 is 2.68 bits per heavy atom. The maximum atomic E-state index is 5.80. The minimum atomic E-state index is 0.246. The molecule has 5 heteroatoms. The van der Waals surface area contributed by atoms with E-state index < -0.39 is 0 Å². The van der Waals surface area contributed by atoms with Gasteiger partial charge in [-0.25, -0.2) is 4.98 Å². The van der Waals surface area contributed by atoms with E-state index in [4.69, 9.17) is 26.5 Å². The first kappa shape index (κ1) is 11.9. The van der Waals surface area contributed by atoms with Crippen LogP contribution in [0.25, 0.3) is 11.1 Å². The van der Waals surface area contributed by atoms with Crippen LogP contribution < -0.4 is 10.5 Å². The molecule has 0 fully saturated rings. The predicted molar refractivity (Wildman–Crippen MR) is 74.2 cm³/mol. The number of nitrogens with zero attached hydrogens (tertiary/aromatic N) is 1. The number of fused-ring (bicyclic) bond motifs is 1. The molecular formula is C14H11ClN2O2. The number of para-hydroxylation sites is 1. The SMILES string of the molecule is Nc1cccc2nc(COc3ccc(Cl)cc3)oc12. The molecule has 1 aromatic heterocycles. The van der Waals surface area contributed by atoms with Crippen molar-refractivity contribution >= 4 is 28.4 Å². The molecule has 1 heterocycles. The van der Waals surface area contributed by atoms with Gasteiger partial charge in [0.2, 0.25) is 5.89 Å². The average Bonchev–Trinajstić information content (AvgIpc) is 2.83. The summed E-state index contributed by atoms with van der Waals surface area (Å²) in [6.45, 7) is 0.246. The maximum Gasteiger partial charge on any atom is 0.233 e. The highest BCUT2D eigenvalue weighted by Gasteiger charge is 2.08. The molecule has 0 aliphatic rings. The molecule has 3 aromatic rings. The second-order valence-electron chi connectivity index (χ2n) is 4.05. The lowest BCUT2D eigenvalue weighted by molar-refractivity contribution is 0.267. The number of hydrogen-bond acceptors (Lipinski definition) is 4. The van der Waals surface area contributed by atoms with Crippen LogP contribution in [0.4, 0.5) is 5.69 Å². The van der Waals surface area contributed by atoms with Gasteiger partial charge in [-0.1, -0.05) is 17.7 Å². The van der Waals surface area contributed by atoms with E-state index in [0.717, 1.165) is 5.52 Å². The van der Waals surface area contributed by atoms with Crippen molar-refractivity contribution in [2.75, 3.05) is 5.73 Å². The molecule has 19 heavy (non-hydrogen) atoms. The number of oxazole rings is 1. The average molecular weight is 275 g/mol. The highest BCUT2D eigenvalue weighted by atomic mass is 35.5. The summed E-state index contributed by atoms with van der Waals surface area (Å²) in [5.41, 5.74) is 7.70. The number of halogens is 1. The molecule has 2 N–H and O–H groups in total. The monoisotopic (exact) mass is 274 g/mol. The first-order valence-corrected chi connectivity index (χ1v) is 6.12. The van der Waals surface area contributed by atoms with Crippen LogP contribution in [-0.2, 0) is 6.61 Å². The summed E-state index contributed by atoms with van der Waals surface area (Å²) >= 11 is 5.80. The summed E-state index contributed by atoms with van der Waals surface area (Å²) in [7, 11) is 0. The normalized spacial score (nSPS) is 10.8. The van der Waals surface area contributed by atoms with Gasteiger partial charge in [0.15, 0.2) is 12.2 Å². The van der Waals surface area contributed by atoms with Gasteiger partial charge in [-0.05, 0) is 36.4 Å². The number of nitrogen functional groups attached to an aromatic ring is 1. The Labute approximate surface area is 114 Å². The quantitative estimate of drug-likeness (QED) is 0.741. The van der Waals surface area contributed by atoms with E-state index in [0.29, 0.717) is 27.9 Å². The Hall–Kier alpha value is -2.20. The van der Waals surface area contributed by atoms with Crippen molar-refractivity contribution in [2.45, 2.75) is 6.61 Å². The number of benzene rings is 2. The van der Waals surface area contributed by atoms with Gasteiger partial charge in [-0.2, -0.15) is 0 Å². The Balaban J connectivity index is 1.78. The number of ether oxygens (including phenoxy) is 1. The van der Waals surface area contributed by atoms with Crippen molar-refractivity contribution in [3.05, 3.63) is 53.4 Å². The van der Waals surface area contributed by atoms with Crippen LogP contribution in [0, 0.1) is 0 Å². The van der Waals surface area contributed by atoms with Gasteiger partial charge in [0.25, 0.3) is 0 Å². The van der Waals surface area contributed by atoms with Crippen molar-refractivity contribution in [3.8, 4) is 5.75 Å². The second-order valence-corrected chi connectivity index (χ2v) is 4.48. The van der Waals surface area contributed by atoms with Gasteiger partial charge in [0.05, 0.1) is 5.69 Å². The minimum Gasteiger partial charge on any atom is -0.484 e. The van der Waals surface area contributed by atoms with Crippen molar-refractivity contribution in [2.24, 2.45) is 0 Å². The summed E-state index contributed by atoms with van der Waals surface area (Å²) in [4.78, 5) is 4.31. The van der Waals surface area contributed by atoms with Crippen LogP contribution in [0.1, 0.15) is 5.89 Å². The molecule has 0 amide bonds. The Morgan fingerprint density at radius 2 is 1.95 bits per heavy atom. The molecule has 0 aliphatic carbocycles. The lowest BCUT2D eigenvalue weighted by atomic mass is 10.3. The van der Waals surface area contributed by atoms with Crippen LogP contribution in [0.3, 0.4) is 0 Å². The first-order chi connectivity index (χ1) is 9.22. The summed E-state index contributed by atoms with van der Waals surface area (Å²) < 4.78 is 11.1. The second kappa shape index (κ2) is 4.82. The third-order valence-corrected chi connectivity index (χ3v) is 2.92. The zero-order valence-corrected chi connectivity index (χ0v) is 10.7. The van der Waals surface area contributed by atoms with Gasteiger partial charge in [0.1, 0.15) is 11.3 Å². The van der Waals surface area contributed by atoms with Gasteiger partial charge >= 0.3 is 0 Å². The molecule has 0 aliphatic heterocycles. The zero-order chi connectivity index (χ0) is 13.2. The topological polar surface area (TPSA) is 61.3 Å². The predicted octanol–water partition coefficient (Wildman–Crippen LogP) is 3.64. The fraction of sp³-hybridized carbons (Fsp3) is 0.0714. The van der Waals surface area contributed by atoms with Crippen molar-refractivity contribution in [1.82, 2.24) is 4.98 Å². The molecule has 96 valence electrons. The van der Waals surface area contributed by atoms with E-state index in [9.17, 15) is 0 Å². The van der Waals surface area contributed by atoms with Gasteiger partial charge < -0.3 is 14.9 Å². The van der Waals surface area contributed by atoms with Crippen molar-refractivity contribution in [3.63, 3.8) is 0 Å². The third-order valence-electron chi connectivity index (χ3n) is 2.67. The summed E-state index contributed by atoms with van der Waals surface area (Å²) in [6.07, 6.45) is 0. The minimum absolute atomic E-state index is 0.246. The maximum absolute atomic E-state index is 5.80. The summed E-state index contributed by atoms with van der Waals surface area (Å²) in [6, 6.07) is 12.6. The van der Waals surface area contributed by atoms with Gasteiger partial charge in [0, 0.05) is 5.02 Å². The lowest BCUT2D eigenvalue weighted by Gasteiger charge is -2.02. The molecule has 3 rings (SSSR count). The fourth-order valence-corrected chi connectivity index (χ4v) is 1.88. The zero-order valence-electron chi connectivity index (χ0n) is 9.97. The number of aromatic nitrogens is 1. The summed E-state index contributed by atoms with van der Waals surface area (Å²) in [5, 5.41) is 0.669. The fourth-order valence-electron chi connectivity index (χ4n) is 1.75. The van der Waals surface area contributed by atoms with E-state index >= 15 is 0 Å². The molecule has 0 spiro atoms. The van der Waals surface area contributed by atoms with E-state index in [2.05, 4.69) is 4.98 Å². The molecule has 0 atom stereocenters. The van der Waals surface area contributed by atoms with E-state index in [-0.39, 0.29) is 6.61 Å². The Morgan fingerprint density at radius 1 is 1.16 bits per heavy atom. The van der Waals surface area contributed by atoms with Crippen LogP contribution in [0.2, 0.25) is 5.02 Å². The number of anilines is 1. The smallest absolute Gasteiger partial charge is 0.233 e. The largest absolute Gasteiger partial charge is 0.484 e. The van der Waals surface area contributed by atoms with Gasteiger partial charge in [-0.3, -0.25) is 0 Å². The number of nitrogens with two attached hydrogens (primary N) is 1. The molecule has 0 unspecified atom stereocenters. The molecular weight excluding hydrogens is 264 g/mol. The van der Waals surface area contributed by atoms with Crippen LogP contribution in [0.15, 0.2) is 46.9 Å². The van der Waals surface area contributed by atoms with Gasteiger partial charge in [-0.15, -0.1) is 0 Å². The third kappa shape index (κ3) is 2.48. The van der Waals surface area contributed by atoms with E-state index in [1.54, 1.807) is 30.3 Å². The van der Waals surface area contributed by atoms with Crippen LogP contribution in [0.5, 0.6) is 5.75 Å². The number of rotatable bonds is 3. The highest BCUT2D eigenvalue weighted by Crippen LogP contribution is 2.23. The van der Waals surface area contributed by atoms with Crippen molar-refractivity contribution in [1.29, 1.82) is 0 Å².